The maximum Gasteiger partial charge on any atom is 0.335 e. The van der Waals surface area contributed by atoms with Gasteiger partial charge in [0.2, 0.25) is 0 Å². The molecule has 0 aliphatic carbocycles. The molecule has 0 bridgehead atoms. The molecule has 0 spiro atoms. The molecule has 33 heavy (non-hydrogen) atoms. The van der Waals surface area contributed by atoms with Crippen molar-refractivity contribution in [1.82, 2.24) is 5.32 Å². The van der Waals surface area contributed by atoms with Crippen molar-refractivity contribution in [3.8, 4) is 11.3 Å². The van der Waals surface area contributed by atoms with Gasteiger partial charge in [0.25, 0.3) is 17.5 Å². The predicted octanol–water partition coefficient (Wildman–Crippen LogP) is 4.45. The highest BCUT2D eigenvalue weighted by Crippen LogP contribution is 2.30. The fourth-order valence-corrected chi connectivity index (χ4v) is 3.68. The molecule has 2 heterocycles. The maximum absolute atomic E-state index is 13.1. The molecule has 3 aromatic rings. The van der Waals surface area contributed by atoms with Crippen LogP contribution in [0.15, 0.2) is 58.5 Å². The molecule has 1 fully saturated rings. The average Bonchev–Trinajstić information content (AvgIpc) is 3.19. The van der Waals surface area contributed by atoms with E-state index in [2.05, 4.69) is 5.32 Å². The lowest BCUT2D eigenvalue weighted by atomic mass is 10.1. The van der Waals surface area contributed by atoms with Gasteiger partial charge in [-0.1, -0.05) is 12.1 Å². The summed E-state index contributed by atoms with van der Waals surface area (Å²) in [6.45, 7) is 5.46. The summed E-state index contributed by atoms with van der Waals surface area (Å²) in [5.41, 5.74) is 2.97. The van der Waals surface area contributed by atoms with Crippen molar-refractivity contribution in [2.45, 2.75) is 20.8 Å². The molecule has 0 saturated carbocycles. The van der Waals surface area contributed by atoms with E-state index in [1.807, 2.05) is 19.9 Å². The predicted molar refractivity (Wildman–Crippen MR) is 120 cm³/mol. The van der Waals surface area contributed by atoms with Crippen LogP contribution in [0.3, 0.4) is 0 Å². The highest BCUT2D eigenvalue weighted by molar-refractivity contribution is 6.39. The average molecular weight is 445 g/mol. The fourth-order valence-electron chi connectivity index (χ4n) is 3.68. The topological polar surface area (TPSA) is 123 Å². The number of benzene rings is 2. The van der Waals surface area contributed by atoms with Gasteiger partial charge in [-0.05, 0) is 67.8 Å². The Bertz CT molecular complexity index is 1350. The van der Waals surface area contributed by atoms with Crippen LogP contribution in [0.4, 0.5) is 16.2 Å². The van der Waals surface area contributed by atoms with Crippen molar-refractivity contribution in [1.29, 1.82) is 0 Å². The molecule has 1 aliphatic heterocycles. The Labute approximate surface area is 188 Å². The van der Waals surface area contributed by atoms with Gasteiger partial charge in [-0.15, -0.1) is 0 Å². The van der Waals surface area contributed by atoms with Crippen molar-refractivity contribution in [2.75, 3.05) is 4.90 Å². The molecule has 166 valence electrons. The number of non-ortho nitro benzene ring substituents is 1. The second-order valence-corrected chi connectivity index (χ2v) is 7.76. The number of amides is 4. The summed E-state index contributed by atoms with van der Waals surface area (Å²) in [7, 11) is 0. The number of carbonyl (C=O) groups excluding carboxylic acids is 3. The Morgan fingerprint density at radius 1 is 0.970 bits per heavy atom. The second kappa shape index (κ2) is 8.19. The molecule has 1 aliphatic rings. The first-order valence-corrected chi connectivity index (χ1v) is 9.99. The smallest absolute Gasteiger partial charge is 0.335 e. The number of hydrogen-bond donors (Lipinski definition) is 1. The van der Waals surface area contributed by atoms with Gasteiger partial charge in [-0.3, -0.25) is 25.0 Å². The highest BCUT2D eigenvalue weighted by atomic mass is 16.6. The Kier molecular flexibility index (Phi) is 5.39. The molecule has 0 unspecified atom stereocenters. The van der Waals surface area contributed by atoms with E-state index in [1.165, 1.54) is 18.2 Å². The molecule has 1 N–H and O–H groups in total. The third-order valence-corrected chi connectivity index (χ3v) is 5.18. The monoisotopic (exact) mass is 445 g/mol. The zero-order valence-electron chi connectivity index (χ0n) is 18.0. The van der Waals surface area contributed by atoms with Gasteiger partial charge in [0.05, 0.1) is 10.6 Å². The van der Waals surface area contributed by atoms with Gasteiger partial charge in [-0.2, -0.15) is 0 Å². The normalized spacial score (nSPS) is 15.2. The SMILES string of the molecule is Cc1cc(C)cc(N2C(=O)NC(=O)/C(=C\c3ccc(-c4cc([N+](=O)[O-])ccc4C)o3)C2=O)c1. The number of imide groups is 2. The summed E-state index contributed by atoms with van der Waals surface area (Å²) < 4.78 is 5.76. The van der Waals surface area contributed by atoms with Crippen LogP contribution in [0.5, 0.6) is 0 Å². The third kappa shape index (κ3) is 4.16. The van der Waals surface area contributed by atoms with Crippen LogP contribution in [-0.4, -0.2) is 22.8 Å². The Morgan fingerprint density at radius 3 is 2.33 bits per heavy atom. The highest BCUT2D eigenvalue weighted by Gasteiger charge is 2.37. The van der Waals surface area contributed by atoms with Crippen molar-refractivity contribution in [3.63, 3.8) is 0 Å². The number of barbiturate groups is 1. The van der Waals surface area contributed by atoms with Crippen LogP contribution in [-0.2, 0) is 9.59 Å². The van der Waals surface area contributed by atoms with Crippen LogP contribution in [0.2, 0.25) is 0 Å². The third-order valence-electron chi connectivity index (χ3n) is 5.18. The summed E-state index contributed by atoms with van der Waals surface area (Å²) in [6.07, 6.45) is 1.25. The van der Waals surface area contributed by atoms with Gasteiger partial charge < -0.3 is 4.42 Å². The fraction of sp³-hybridized carbons (Fsp3) is 0.125. The zero-order valence-corrected chi connectivity index (χ0v) is 18.0. The van der Waals surface area contributed by atoms with E-state index in [1.54, 1.807) is 37.3 Å². The second-order valence-electron chi connectivity index (χ2n) is 7.76. The van der Waals surface area contributed by atoms with Gasteiger partial charge in [-0.25, -0.2) is 9.69 Å². The largest absolute Gasteiger partial charge is 0.457 e. The molecule has 2 aromatic carbocycles. The zero-order chi connectivity index (χ0) is 23.9. The summed E-state index contributed by atoms with van der Waals surface area (Å²) in [5, 5.41) is 13.3. The Hall–Kier alpha value is -4.53. The van der Waals surface area contributed by atoms with Crippen LogP contribution < -0.4 is 10.2 Å². The minimum atomic E-state index is -0.838. The van der Waals surface area contributed by atoms with Gasteiger partial charge in [0.15, 0.2) is 0 Å². The molecule has 1 aromatic heterocycles. The lowest BCUT2D eigenvalue weighted by Gasteiger charge is -2.26. The molecule has 4 rings (SSSR count). The molecular formula is C24H19N3O6. The molecule has 0 radical (unpaired) electrons. The lowest BCUT2D eigenvalue weighted by molar-refractivity contribution is -0.384. The first-order chi connectivity index (χ1) is 15.6. The Morgan fingerprint density at radius 2 is 1.67 bits per heavy atom. The number of nitrogens with zero attached hydrogens (tertiary/aromatic N) is 2. The van der Waals surface area contributed by atoms with Crippen LogP contribution in [0.1, 0.15) is 22.5 Å². The lowest BCUT2D eigenvalue weighted by Crippen LogP contribution is -2.54. The van der Waals surface area contributed by atoms with E-state index < -0.39 is 22.8 Å². The summed E-state index contributed by atoms with van der Waals surface area (Å²) in [6, 6.07) is 12.0. The molecule has 4 amide bonds. The van der Waals surface area contributed by atoms with E-state index in [0.717, 1.165) is 21.6 Å². The van der Waals surface area contributed by atoms with Crippen LogP contribution in [0, 0.1) is 30.9 Å². The van der Waals surface area contributed by atoms with E-state index in [0.29, 0.717) is 17.0 Å². The number of hydrogen-bond acceptors (Lipinski definition) is 6. The first-order valence-electron chi connectivity index (χ1n) is 9.99. The first kappa shape index (κ1) is 21.7. The standard InChI is InChI=1S/C24H19N3O6/c1-13-8-14(2)10-17(9-13)26-23(29)20(22(28)25-24(26)30)12-18-6-7-21(33-18)19-11-16(27(31)32)5-4-15(19)3/h4-12H,1-3H3,(H,25,28,30)/b20-12+. The van der Waals surface area contributed by atoms with Crippen molar-refractivity contribution >= 4 is 35.3 Å². The van der Waals surface area contributed by atoms with Crippen LogP contribution in [0.25, 0.3) is 17.4 Å². The van der Waals surface area contributed by atoms with Crippen molar-refractivity contribution < 1.29 is 23.7 Å². The van der Waals surface area contributed by atoms with E-state index in [9.17, 15) is 24.5 Å². The summed E-state index contributed by atoms with van der Waals surface area (Å²) in [5.74, 6) is -1.09. The number of anilines is 1. The Balaban J connectivity index is 1.71. The molecule has 1 saturated heterocycles. The number of nitrogens with one attached hydrogen (secondary N) is 1. The van der Waals surface area contributed by atoms with E-state index in [4.69, 9.17) is 4.42 Å². The number of urea groups is 1. The number of rotatable bonds is 4. The van der Waals surface area contributed by atoms with Crippen molar-refractivity contribution in [2.24, 2.45) is 0 Å². The maximum atomic E-state index is 13.1. The van der Waals surface area contributed by atoms with Crippen molar-refractivity contribution in [3.05, 3.63) is 86.7 Å². The molecule has 9 heteroatoms. The quantitative estimate of drug-likeness (QED) is 0.274. The molecule has 0 atom stereocenters. The van der Waals surface area contributed by atoms with E-state index in [-0.39, 0.29) is 17.0 Å². The number of nitro benzene ring substituents is 1. The minimum Gasteiger partial charge on any atom is -0.457 e. The molecular weight excluding hydrogens is 426 g/mol. The number of carbonyl (C=O) groups is 3. The van der Waals surface area contributed by atoms with Crippen LogP contribution >= 0.6 is 0 Å². The minimum absolute atomic E-state index is 0.0867. The summed E-state index contributed by atoms with van der Waals surface area (Å²) in [4.78, 5) is 49.4. The van der Waals surface area contributed by atoms with Gasteiger partial charge in [0.1, 0.15) is 17.1 Å². The van der Waals surface area contributed by atoms with E-state index >= 15 is 0 Å². The van der Waals surface area contributed by atoms with Gasteiger partial charge in [0, 0.05) is 17.7 Å². The van der Waals surface area contributed by atoms with Gasteiger partial charge >= 0.3 is 6.03 Å². The summed E-state index contributed by atoms with van der Waals surface area (Å²) >= 11 is 0. The number of furan rings is 1. The number of aryl methyl sites for hydroxylation is 3. The number of nitro groups is 1. The molecule has 9 nitrogen and oxygen atoms in total.